The minimum atomic E-state index is -0.486. The Kier molecular flexibility index (Phi) is 4.67. The smallest absolute Gasteiger partial charge is 0.0799 e. The lowest BCUT2D eigenvalue weighted by Crippen LogP contribution is -1.96. The molecule has 1 aromatic carbocycles. The highest BCUT2D eigenvalue weighted by Crippen LogP contribution is 2.26. The van der Waals surface area contributed by atoms with Gasteiger partial charge >= 0.3 is 0 Å². The summed E-state index contributed by atoms with van der Waals surface area (Å²) in [6, 6.07) is 5.72. The third-order valence-corrected chi connectivity index (χ3v) is 2.75. The zero-order valence-electron chi connectivity index (χ0n) is 7.50. The maximum atomic E-state index is 9.76. The zero-order valence-corrected chi connectivity index (χ0v) is 10.7. The van der Waals surface area contributed by atoms with E-state index < -0.39 is 6.10 Å². The Morgan fingerprint density at radius 3 is 2.36 bits per heavy atom. The van der Waals surface area contributed by atoms with Gasteiger partial charge in [0.1, 0.15) is 0 Å². The van der Waals surface area contributed by atoms with Gasteiger partial charge in [0.15, 0.2) is 0 Å². The number of hydrogen-bond acceptors (Lipinski definition) is 1. The van der Waals surface area contributed by atoms with Crippen LogP contribution in [0.2, 0.25) is 0 Å². The summed E-state index contributed by atoms with van der Waals surface area (Å²) in [7, 11) is 0. The van der Waals surface area contributed by atoms with Gasteiger partial charge in [0, 0.05) is 15.4 Å². The van der Waals surface area contributed by atoms with E-state index >= 15 is 0 Å². The third-order valence-electron chi connectivity index (χ3n) is 1.83. The second kappa shape index (κ2) is 5.55. The van der Waals surface area contributed by atoms with Crippen molar-refractivity contribution in [1.82, 2.24) is 0 Å². The van der Waals surface area contributed by atoms with Gasteiger partial charge in [-0.05, 0) is 30.2 Å². The average molecular weight is 318 g/mol. The molecule has 1 atom stereocenters. The van der Waals surface area contributed by atoms with Gasteiger partial charge < -0.3 is 5.11 Å². The fourth-order valence-corrected chi connectivity index (χ4v) is 2.48. The van der Waals surface area contributed by atoms with Gasteiger partial charge in [-0.1, -0.05) is 31.9 Å². The van der Waals surface area contributed by atoms with E-state index in [0.29, 0.717) is 12.8 Å². The molecule has 0 aromatic heterocycles. The summed E-state index contributed by atoms with van der Waals surface area (Å²) in [4.78, 5) is 0. The lowest BCUT2D eigenvalue weighted by atomic mass is 10.1. The van der Waals surface area contributed by atoms with Crippen LogP contribution in [0.1, 0.15) is 24.5 Å². The topological polar surface area (TPSA) is 20.2 Å². The maximum absolute atomic E-state index is 9.76. The van der Waals surface area contributed by atoms with Crippen LogP contribution in [-0.4, -0.2) is 5.11 Å². The second-order valence-corrected chi connectivity index (χ2v) is 4.79. The summed E-state index contributed by atoms with van der Waals surface area (Å²) >= 11 is 6.74. The zero-order chi connectivity index (χ0) is 10.6. The first-order valence-corrected chi connectivity index (χ1v) is 5.79. The van der Waals surface area contributed by atoms with E-state index in [-0.39, 0.29) is 0 Å². The molecule has 74 valence electrons. The Morgan fingerprint density at radius 2 is 1.86 bits per heavy atom. The summed E-state index contributed by atoms with van der Waals surface area (Å²) in [5.74, 6) is 2.51. The highest BCUT2D eigenvalue weighted by atomic mass is 79.9. The molecule has 0 fully saturated rings. The van der Waals surface area contributed by atoms with Crippen LogP contribution < -0.4 is 0 Å². The number of halogens is 2. The molecule has 0 aliphatic carbocycles. The summed E-state index contributed by atoms with van der Waals surface area (Å²) in [5, 5.41) is 9.76. The van der Waals surface area contributed by atoms with Crippen molar-refractivity contribution in [1.29, 1.82) is 0 Å². The van der Waals surface area contributed by atoms with E-state index in [0.717, 1.165) is 14.5 Å². The third kappa shape index (κ3) is 3.45. The van der Waals surface area contributed by atoms with Gasteiger partial charge in [-0.25, -0.2) is 0 Å². The fraction of sp³-hybridized carbons (Fsp3) is 0.273. The summed E-state index contributed by atoms with van der Waals surface area (Å²) < 4.78 is 1.89. The highest BCUT2D eigenvalue weighted by Gasteiger charge is 2.07. The largest absolute Gasteiger partial charge is 0.388 e. The molecule has 1 unspecified atom stereocenters. The molecule has 1 N–H and O–H groups in total. The van der Waals surface area contributed by atoms with Crippen molar-refractivity contribution < 1.29 is 5.11 Å². The van der Waals surface area contributed by atoms with E-state index in [1.165, 1.54) is 0 Å². The van der Waals surface area contributed by atoms with Crippen LogP contribution >= 0.6 is 31.9 Å². The molecule has 0 aliphatic heterocycles. The van der Waals surface area contributed by atoms with Crippen LogP contribution in [0.5, 0.6) is 0 Å². The van der Waals surface area contributed by atoms with Gasteiger partial charge in [0.25, 0.3) is 0 Å². The average Bonchev–Trinajstić information content (AvgIpc) is 2.12. The van der Waals surface area contributed by atoms with Crippen LogP contribution in [0.25, 0.3) is 0 Å². The molecule has 14 heavy (non-hydrogen) atoms. The summed E-state index contributed by atoms with van der Waals surface area (Å²) in [6.07, 6.45) is 5.83. The minimum Gasteiger partial charge on any atom is -0.388 e. The van der Waals surface area contributed by atoms with Gasteiger partial charge in [-0.3, -0.25) is 0 Å². The molecular weight excluding hydrogens is 308 g/mol. The summed E-state index contributed by atoms with van der Waals surface area (Å²) in [5.41, 5.74) is 0.876. The van der Waals surface area contributed by atoms with E-state index in [1.807, 2.05) is 18.2 Å². The van der Waals surface area contributed by atoms with Crippen molar-refractivity contribution >= 4 is 31.9 Å². The van der Waals surface area contributed by atoms with Crippen LogP contribution in [0.15, 0.2) is 27.1 Å². The molecule has 0 saturated heterocycles. The second-order valence-electron chi connectivity index (χ2n) is 2.96. The Morgan fingerprint density at radius 1 is 1.29 bits per heavy atom. The number of terminal acetylenes is 1. The number of benzene rings is 1. The van der Waals surface area contributed by atoms with Crippen LogP contribution in [0.3, 0.4) is 0 Å². The molecule has 3 heteroatoms. The fourth-order valence-electron chi connectivity index (χ4n) is 1.15. The lowest BCUT2D eigenvalue weighted by Gasteiger charge is -2.10. The molecule has 0 radical (unpaired) electrons. The molecule has 1 aromatic rings. The van der Waals surface area contributed by atoms with Crippen molar-refractivity contribution in [3.63, 3.8) is 0 Å². The monoisotopic (exact) mass is 316 g/mol. The van der Waals surface area contributed by atoms with Gasteiger partial charge in [-0.15, -0.1) is 12.3 Å². The normalized spacial score (nSPS) is 12.1. The van der Waals surface area contributed by atoms with Crippen LogP contribution in [0, 0.1) is 12.3 Å². The first kappa shape index (κ1) is 11.8. The number of hydrogen-bond donors (Lipinski definition) is 1. The molecule has 1 rings (SSSR count). The lowest BCUT2D eigenvalue weighted by molar-refractivity contribution is 0.169. The molecular formula is C11H10Br2O. The van der Waals surface area contributed by atoms with E-state index in [9.17, 15) is 5.11 Å². The first-order valence-electron chi connectivity index (χ1n) is 4.21. The van der Waals surface area contributed by atoms with Gasteiger partial charge in [0.2, 0.25) is 0 Å². The highest BCUT2D eigenvalue weighted by molar-refractivity contribution is 9.11. The number of aliphatic hydroxyl groups is 1. The number of aliphatic hydroxyl groups excluding tert-OH is 1. The SMILES string of the molecule is C#CCCC(O)c1cc(Br)cc(Br)c1. The Balaban J connectivity index is 2.79. The quantitative estimate of drug-likeness (QED) is 0.844. The standard InChI is InChI=1S/C11H10Br2O/c1-2-3-4-11(14)8-5-9(12)7-10(13)6-8/h1,5-7,11,14H,3-4H2. The molecule has 1 nitrogen and oxygen atoms in total. The van der Waals surface area contributed by atoms with Crippen molar-refractivity contribution in [2.24, 2.45) is 0 Å². The molecule has 0 heterocycles. The van der Waals surface area contributed by atoms with E-state index in [4.69, 9.17) is 6.42 Å². The minimum absolute atomic E-state index is 0.486. The van der Waals surface area contributed by atoms with Crippen LogP contribution in [-0.2, 0) is 0 Å². The molecule has 0 saturated carbocycles. The van der Waals surface area contributed by atoms with Crippen LogP contribution in [0.4, 0.5) is 0 Å². The maximum Gasteiger partial charge on any atom is 0.0799 e. The Labute approximate surface area is 101 Å². The Hall–Kier alpha value is -0.300. The summed E-state index contributed by atoms with van der Waals surface area (Å²) in [6.45, 7) is 0. The van der Waals surface area contributed by atoms with Crippen molar-refractivity contribution in [3.8, 4) is 12.3 Å². The first-order chi connectivity index (χ1) is 6.63. The number of rotatable bonds is 3. The van der Waals surface area contributed by atoms with Gasteiger partial charge in [0.05, 0.1) is 6.10 Å². The molecule has 0 spiro atoms. The molecule has 0 amide bonds. The molecule has 0 bridgehead atoms. The van der Waals surface area contributed by atoms with E-state index in [2.05, 4.69) is 37.8 Å². The van der Waals surface area contributed by atoms with Gasteiger partial charge in [-0.2, -0.15) is 0 Å². The van der Waals surface area contributed by atoms with E-state index in [1.54, 1.807) is 0 Å². The Bertz CT molecular complexity index is 335. The van der Waals surface area contributed by atoms with Crippen molar-refractivity contribution in [2.45, 2.75) is 18.9 Å². The molecule has 0 aliphatic rings. The van der Waals surface area contributed by atoms with Crippen molar-refractivity contribution in [2.75, 3.05) is 0 Å². The predicted molar refractivity (Wildman–Crippen MR) is 64.9 cm³/mol. The predicted octanol–water partition coefficient (Wildman–Crippen LogP) is 3.66. The van der Waals surface area contributed by atoms with Crippen molar-refractivity contribution in [3.05, 3.63) is 32.7 Å².